The highest BCUT2D eigenvalue weighted by Crippen LogP contribution is 2.35. The van der Waals surface area contributed by atoms with E-state index in [-0.39, 0.29) is 17.9 Å². The zero-order valence-electron chi connectivity index (χ0n) is 10.1. The van der Waals surface area contributed by atoms with Gasteiger partial charge < -0.3 is 15.2 Å². The maximum atomic E-state index is 13.1. The molecule has 1 saturated carbocycles. The zero-order valence-corrected chi connectivity index (χ0v) is 10.1. The molecule has 0 heterocycles. The van der Waals surface area contributed by atoms with Gasteiger partial charge in [0.25, 0.3) is 0 Å². The van der Waals surface area contributed by atoms with E-state index < -0.39 is 23.7 Å². The molecule has 2 N–H and O–H groups in total. The van der Waals surface area contributed by atoms with Gasteiger partial charge in [-0.3, -0.25) is 0 Å². The van der Waals surface area contributed by atoms with Crippen molar-refractivity contribution in [2.75, 3.05) is 0 Å². The van der Waals surface area contributed by atoms with E-state index in [1.54, 1.807) is 0 Å². The van der Waals surface area contributed by atoms with Crippen molar-refractivity contribution >= 4 is 6.09 Å². The molecule has 2 rings (SSSR count). The van der Waals surface area contributed by atoms with Gasteiger partial charge in [-0.05, 0) is 18.2 Å². The largest absolute Gasteiger partial charge is 0.490 e. The van der Waals surface area contributed by atoms with Crippen LogP contribution in [0.1, 0.15) is 18.4 Å². The Balaban J connectivity index is 1.97. The molecular formula is C12H11F4NO3. The van der Waals surface area contributed by atoms with E-state index >= 15 is 0 Å². The molecule has 20 heavy (non-hydrogen) atoms. The van der Waals surface area contributed by atoms with Gasteiger partial charge in [0.05, 0.1) is 5.56 Å². The number of alkyl halides is 3. The van der Waals surface area contributed by atoms with Gasteiger partial charge in [-0.1, -0.05) is 0 Å². The lowest BCUT2D eigenvalue weighted by Gasteiger charge is -2.35. The number of halogens is 4. The van der Waals surface area contributed by atoms with E-state index in [4.69, 9.17) is 9.84 Å². The van der Waals surface area contributed by atoms with Gasteiger partial charge in [-0.25, -0.2) is 9.18 Å². The SMILES string of the molecule is O=C(O)N[C@H]1C[C@H](Oc2ccc(F)c(C(F)(F)F)c2)C1. The summed E-state index contributed by atoms with van der Waals surface area (Å²) < 4.78 is 55.8. The topological polar surface area (TPSA) is 58.6 Å². The maximum absolute atomic E-state index is 13.1. The third-order valence-electron chi connectivity index (χ3n) is 2.97. The van der Waals surface area contributed by atoms with Gasteiger partial charge in [0.2, 0.25) is 0 Å². The van der Waals surface area contributed by atoms with Gasteiger partial charge in [0.1, 0.15) is 17.7 Å². The predicted octanol–water partition coefficient (Wildman–Crippen LogP) is 3.02. The van der Waals surface area contributed by atoms with Gasteiger partial charge in [-0.15, -0.1) is 0 Å². The van der Waals surface area contributed by atoms with E-state index in [0.29, 0.717) is 25.0 Å². The molecule has 0 spiro atoms. The summed E-state index contributed by atoms with van der Waals surface area (Å²) in [5.74, 6) is -1.44. The molecule has 1 aromatic carbocycles. The van der Waals surface area contributed by atoms with Crippen molar-refractivity contribution in [1.29, 1.82) is 0 Å². The first kappa shape index (κ1) is 14.4. The summed E-state index contributed by atoms with van der Waals surface area (Å²) in [6.07, 6.45) is -5.58. The molecule has 0 bridgehead atoms. The molecule has 0 radical (unpaired) electrons. The third-order valence-corrected chi connectivity index (χ3v) is 2.97. The molecule has 110 valence electrons. The molecule has 0 atom stereocenters. The Morgan fingerprint density at radius 3 is 2.55 bits per heavy atom. The second kappa shape index (κ2) is 5.18. The highest BCUT2D eigenvalue weighted by molar-refractivity contribution is 5.65. The van der Waals surface area contributed by atoms with Crippen LogP contribution in [0.25, 0.3) is 0 Å². The third kappa shape index (κ3) is 3.31. The summed E-state index contributed by atoms with van der Waals surface area (Å²) in [6, 6.07) is 2.15. The molecule has 1 aromatic rings. The average Bonchev–Trinajstić information content (AvgIpc) is 2.26. The molecule has 0 aliphatic heterocycles. The van der Waals surface area contributed by atoms with Gasteiger partial charge >= 0.3 is 12.3 Å². The quantitative estimate of drug-likeness (QED) is 0.842. The molecule has 0 aromatic heterocycles. The Morgan fingerprint density at radius 2 is 2.00 bits per heavy atom. The van der Waals surface area contributed by atoms with Crippen LogP contribution in [0, 0.1) is 5.82 Å². The van der Waals surface area contributed by atoms with Crippen LogP contribution in [0.5, 0.6) is 5.75 Å². The van der Waals surface area contributed by atoms with Crippen LogP contribution in [-0.2, 0) is 6.18 Å². The number of carbonyl (C=O) groups is 1. The number of ether oxygens (including phenoxy) is 1. The van der Waals surface area contributed by atoms with E-state index in [1.165, 1.54) is 0 Å². The molecule has 1 aliphatic carbocycles. The molecule has 1 amide bonds. The second-order valence-corrected chi connectivity index (χ2v) is 4.50. The van der Waals surface area contributed by atoms with Gasteiger partial charge in [-0.2, -0.15) is 13.2 Å². The maximum Gasteiger partial charge on any atom is 0.419 e. The fourth-order valence-electron chi connectivity index (χ4n) is 1.94. The Bertz CT molecular complexity index is 512. The van der Waals surface area contributed by atoms with Crippen LogP contribution in [0.15, 0.2) is 18.2 Å². The van der Waals surface area contributed by atoms with Crippen LogP contribution in [0.4, 0.5) is 22.4 Å². The lowest BCUT2D eigenvalue weighted by atomic mass is 9.89. The Morgan fingerprint density at radius 1 is 1.35 bits per heavy atom. The van der Waals surface area contributed by atoms with Crippen molar-refractivity contribution in [3.05, 3.63) is 29.6 Å². The van der Waals surface area contributed by atoms with Gasteiger partial charge in [0, 0.05) is 18.9 Å². The number of amides is 1. The van der Waals surface area contributed by atoms with Crippen molar-refractivity contribution in [3.63, 3.8) is 0 Å². The fraction of sp³-hybridized carbons (Fsp3) is 0.417. The summed E-state index contributed by atoms with van der Waals surface area (Å²) in [7, 11) is 0. The monoisotopic (exact) mass is 293 g/mol. The number of carboxylic acid groups (broad SMARTS) is 1. The average molecular weight is 293 g/mol. The first-order chi connectivity index (χ1) is 9.25. The van der Waals surface area contributed by atoms with Crippen LogP contribution in [0.2, 0.25) is 0 Å². The molecular weight excluding hydrogens is 282 g/mol. The molecule has 8 heteroatoms. The second-order valence-electron chi connectivity index (χ2n) is 4.50. The highest BCUT2D eigenvalue weighted by Gasteiger charge is 2.36. The lowest BCUT2D eigenvalue weighted by molar-refractivity contribution is -0.140. The first-order valence-corrected chi connectivity index (χ1v) is 5.78. The van der Waals surface area contributed by atoms with E-state index in [2.05, 4.69) is 5.32 Å². The first-order valence-electron chi connectivity index (χ1n) is 5.78. The Labute approximate surface area is 111 Å². The Kier molecular flexibility index (Phi) is 3.74. The minimum absolute atomic E-state index is 0.0856. The molecule has 4 nitrogen and oxygen atoms in total. The van der Waals surface area contributed by atoms with Crippen molar-refractivity contribution in [2.24, 2.45) is 0 Å². The van der Waals surface area contributed by atoms with E-state index in [9.17, 15) is 22.4 Å². The summed E-state index contributed by atoms with van der Waals surface area (Å²) in [6.45, 7) is 0. The predicted molar refractivity (Wildman–Crippen MR) is 60.0 cm³/mol. The number of nitrogens with one attached hydrogen (secondary N) is 1. The minimum atomic E-state index is -4.78. The van der Waals surface area contributed by atoms with Crippen LogP contribution in [0.3, 0.4) is 0 Å². The van der Waals surface area contributed by atoms with Crippen molar-refractivity contribution in [3.8, 4) is 5.75 Å². The van der Waals surface area contributed by atoms with Crippen LogP contribution in [-0.4, -0.2) is 23.3 Å². The number of hydrogen-bond acceptors (Lipinski definition) is 2. The van der Waals surface area contributed by atoms with Crippen LogP contribution < -0.4 is 10.1 Å². The summed E-state index contributed by atoms with van der Waals surface area (Å²) >= 11 is 0. The molecule has 0 unspecified atom stereocenters. The van der Waals surface area contributed by atoms with E-state index in [0.717, 1.165) is 6.07 Å². The lowest BCUT2D eigenvalue weighted by Crippen LogP contribution is -2.48. The standard InChI is InChI=1S/C12H11F4NO3/c13-10-2-1-7(5-9(10)12(14,15)16)20-8-3-6(4-8)17-11(18)19/h1-2,5-6,8,17H,3-4H2,(H,18,19)/t6-,8-. The van der Waals surface area contributed by atoms with Crippen LogP contribution >= 0.6 is 0 Å². The Hall–Kier alpha value is -1.99. The molecule has 1 aliphatic rings. The van der Waals surface area contributed by atoms with Crippen molar-refractivity contribution in [1.82, 2.24) is 5.32 Å². The fourth-order valence-corrected chi connectivity index (χ4v) is 1.94. The normalized spacial score (nSPS) is 22.0. The minimum Gasteiger partial charge on any atom is -0.490 e. The van der Waals surface area contributed by atoms with Gasteiger partial charge in [0.15, 0.2) is 0 Å². The number of rotatable bonds is 3. The summed E-state index contributed by atoms with van der Waals surface area (Å²) in [4.78, 5) is 10.3. The zero-order chi connectivity index (χ0) is 14.9. The molecule has 0 saturated heterocycles. The smallest absolute Gasteiger partial charge is 0.419 e. The highest BCUT2D eigenvalue weighted by atomic mass is 19.4. The van der Waals surface area contributed by atoms with E-state index in [1.807, 2.05) is 0 Å². The summed E-state index contributed by atoms with van der Waals surface area (Å²) in [5.41, 5.74) is -1.38. The number of hydrogen-bond donors (Lipinski definition) is 2. The number of benzene rings is 1. The molecule has 1 fully saturated rings. The summed E-state index contributed by atoms with van der Waals surface area (Å²) in [5, 5.41) is 10.7. The van der Waals surface area contributed by atoms with Crippen molar-refractivity contribution < 1.29 is 32.2 Å². The van der Waals surface area contributed by atoms with Crippen molar-refractivity contribution in [2.45, 2.75) is 31.2 Å².